The minimum Gasteiger partial charge on any atom is -0.384 e. The van der Waals surface area contributed by atoms with Gasteiger partial charge >= 0.3 is 0 Å². The number of rotatable bonds is 4. The van der Waals surface area contributed by atoms with Crippen molar-refractivity contribution in [1.29, 1.82) is 0 Å². The Morgan fingerprint density at radius 3 is 2.90 bits per heavy atom. The number of benzene rings is 1. The second-order valence-electron chi connectivity index (χ2n) is 5.41. The van der Waals surface area contributed by atoms with E-state index in [2.05, 4.69) is 34.1 Å². The van der Waals surface area contributed by atoms with Crippen molar-refractivity contribution in [3.8, 4) is 0 Å². The van der Waals surface area contributed by atoms with Crippen LogP contribution in [-0.2, 0) is 11.3 Å². The van der Waals surface area contributed by atoms with E-state index in [-0.39, 0.29) is 0 Å². The summed E-state index contributed by atoms with van der Waals surface area (Å²) in [6.07, 6.45) is 3.09. The quantitative estimate of drug-likeness (QED) is 0.926. The fourth-order valence-corrected chi connectivity index (χ4v) is 3.05. The Hall–Kier alpha value is -1.65. The van der Waals surface area contributed by atoms with Gasteiger partial charge in [-0.05, 0) is 17.4 Å². The standard InChI is InChI=1S/C16H21N3O/c1-20-11-12-6-7-19(10-12)16-15-5-3-2-4-14(15)13(8-17)9-18-16/h2-5,9,12H,6-8,10-11,17H2,1H3. The molecule has 2 aromatic rings. The van der Waals surface area contributed by atoms with Gasteiger partial charge in [0.2, 0.25) is 0 Å². The monoisotopic (exact) mass is 271 g/mol. The Labute approximate surface area is 119 Å². The summed E-state index contributed by atoms with van der Waals surface area (Å²) in [4.78, 5) is 7.03. The van der Waals surface area contributed by atoms with Crippen LogP contribution in [0.25, 0.3) is 10.8 Å². The summed E-state index contributed by atoms with van der Waals surface area (Å²) in [5, 5.41) is 2.42. The van der Waals surface area contributed by atoms with Crippen LogP contribution in [0.4, 0.5) is 5.82 Å². The van der Waals surface area contributed by atoms with Crippen molar-refractivity contribution in [3.63, 3.8) is 0 Å². The van der Waals surface area contributed by atoms with Crippen molar-refractivity contribution in [2.45, 2.75) is 13.0 Å². The van der Waals surface area contributed by atoms with Gasteiger partial charge in [0.25, 0.3) is 0 Å². The van der Waals surface area contributed by atoms with Crippen molar-refractivity contribution < 1.29 is 4.74 Å². The highest BCUT2D eigenvalue weighted by Crippen LogP contribution is 2.30. The van der Waals surface area contributed by atoms with E-state index in [1.165, 1.54) is 17.2 Å². The molecule has 0 spiro atoms. The minimum absolute atomic E-state index is 0.528. The molecule has 0 saturated carbocycles. The summed E-state index contributed by atoms with van der Waals surface area (Å²) < 4.78 is 5.27. The molecule has 1 aliphatic rings. The zero-order chi connectivity index (χ0) is 13.9. The number of fused-ring (bicyclic) bond motifs is 1. The van der Waals surface area contributed by atoms with E-state index >= 15 is 0 Å². The summed E-state index contributed by atoms with van der Waals surface area (Å²) in [6.45, 7) is 3.43. The van der Waals surface area contributed by atoms with E-state index < -0.39 is 0 Å². The smallest absolute Gasteiger partial charge is 0.136 e. The molecular formula is C16H21N3O. The largest absolute Gasteiger partial charge is 0.384 e. The average Bonchev–Trinajstić information content (AvgIpc) is 2.95. The lowest BCUT2D eigenvalue weighted by molar-refractivity contribution is 0.161. The molecule has 1 aromatic carbocycles. The van der Waals surface area contributed by atoms with Gasteiger partial charge < -0.3 is 15.4 Å². The third kappa shape index (κ3) is 2.37. The first-order valence-electron chi connectivity index (χ1n) is 7.14. The molecular weight excluding hydrogens is 250 g/mol. The van der Waals surface area contributed by atoms with Crippen molar-refractivity contribution in [1.82, 2.24) is 4.98 Å². The Morgan fingerprint density at radius 2 is 2.15 bits per heavy atom. The maximum absolute atomic E-state index is 5.81. The molecule has 0 radical (unpaired) electrons. The Morgan fingerprint density at radius 1 is 1.35 bits per heavy atom. The molecule has 0 aliphatic carbocycles. The van der Waals surface area contributed by atoms with E-state index in [1.54, 1.807) is 7.11 Å². The molecule has 1 atom stereocenters. The molecule has 1 aromatic heterocycles. The molecule has 3 rings (SSSR count). The summed E-state index contributed by atoms with van der Waals surface area (Å²) in [6, 6.07) is 8.39. The van der Waals surface area contributed by atoms with Gasteiger partial charge in [0.1, 0.15) is 5.82 Å². The van der Waals surface area contributed by atoms with Crippen LogP contribution in [0, 0.1) is 5.92 Å². The first-order chi connectivity index (χ1) is 9.83. The van der Waals surface area contributed by atoms with Crippen molar-refractivity contribution in [2.24, 2.45) is 11.7 Å². The van der Waals surface area contributed by atoms with Crippen molar-refractivity contribution in [3.05, 3.63) is 36.0 Å². The zero-order valence-electron chi connectivity index (χ0n) is 11.9. The lowest BCUT2D eigenvalue weighted by Crippen LogP contribution is -2.22. The van der Waals surface area contributed by atoms with Gasteiger partial charge in [0.05, 0.1) is 6.61 Å². The van der Waals surface area contributed by atoms with Crippen molar-refractivity contribution in [2.75, 3.05) is 31.7 Å². The Kier molecular flexibility index (Phi) is 3.85. The molecule has 106 valence electrons. The number of methoxy groups -OCH3 is 1. The second-order valence-corrected chi connectivity index (χ2v) is 5.41. The van der Waals surface area contributed by atoms with Crippen molar-refractivity contribution >= 4 is 16.6 Å². The van der Waals surface area contributed by atoms with E-state index in [0.717, 1.165) is 31.1 Å². The molecule has 20 heavy (non-hydrogen) atoms. The number of hydrogen-bond donors (Lipinski definition) is 1. The zero-order valence-corrected chi connectivity index (χ0v) is 11.9. The molecule has 1 unspecified atom stereocenters. The number of anilines is 1. The fourth-order valence-electron chi connectivity index (χ4n) is 3.05. The van der Waals surface area contributed by atoms with Crippen LogP contribution < -0.4 is 10.6 Å². The van der Waals surface area contributed by atoms with E-state index in [4.69, 9.17) is 10.5 Å². The maximum Gasteiger partial charge on any atom is 0.136 e. The third-order valence-corrected chi connectivity index (χ3v) is 4.06. The topological polar surface area (TPSA) is 51.4 Å². The lowest BCUT2D eigenvalue weighted by atomic mass is 10.1. The van der Waals surface area contributed by atoms with Crippen LogP contribution in [0.15, 0.2) is 30.5 Å². The SMILES string of the molecule is COCC1CCN(c2ncc(CN)c3ccccc23)C1. The number of hydrogen-bond acceptors (Lipinski definition) is 4. The minimum atomic E-state index is 0.528. The third-order valence-electron chi connectivity index (χ3n) is 4.06. The fraction of sp³-hybridized carbons (Fsp3) is 0.438. The van der Waals surface area contributed by atoms with Crippen LogP contribution in [0.3, 0.4) is 0 Å². The molecule has 4 nitrogen and oxygen atoms in total. The predicted molar refractivity (Wildman–Crippen MR) is 81.8 cm³/mol. The normalized spacial score (nSPS) is 18.9. The summed E-state index contributed by atoms with van der Waals surface area (Å²) in [7, 11) is 1.77. The summed E-state index contributed by atoms with van der Waals surface area (Å²) in [5.74, 6) is 1.69. The molecule has 1 aliphatic heterocycles. The van der Waals surface area contributed by atoms with Gasteiger partial charge in [0.15, 0.2) is 0 Å². The van der Waals surface area contributed by atoms with Gasteiger partial charge in [-0.2, -0.15) is 0 Å². The maximum atomic E-state index is 5.81. The highest BCUT2D eigenvalue weighted by atomic mass is 16.5. The van der Waals surface area contributed by atoms with Gasteiger partial charge in [0, 0.05) is 44.2 Å². The van der Waals surface area contributed by atoms with Crippen LogP contribution in [0.5, 0.6) is 0 Å². The molecule has 2 heterocycles. The van der Waals surface area contributed by atoms with Gasteiger partial charge in [-0.15, -0.1) is 0 Å². The molecule has 1 saturated heterocycles. The van der Waals surface area contributed by atoms with Crippen LogP contribution >= 0.6 is 0 Å². The number of aromatic nitrogens is 1. The van der Waals surface area contributed by atoms with Crippen LogP contribution in [-0.4, -0.2) is 31.8 Å². The Balaban J connectivity index is 1.97. The number of nitrogens with zero attached hydrogens (tertiary/aromatic N) is 2. The number of pyridine rings is 1. The predicted octanol–water partition coefficient (Wildman–Crippen LogP) is 2.17. The van der Waals surface area contributed by atoms with Gasteiger partial charge in [-0.3, -0.25) is 0 Å². The molecule has 2 N–H and O–H groups in total. The first kappa shape index (κ1) is 13.3. The summed E-state index contributed by atoms with van der Waals surface area (Å²) >= 11 is 0. The van der Waals surface area contributed by atoms with E-state index in [1.807, 2.05) is 6.20 Å². The first-order valence-corrected chi connectivity index (χ1v) is 7.14. The lowest BCUT2D eigenvalue weighted by Gasteiger charge is -2.20. The average molecular weight is 271 g/mol. The molecule has 4 heteroatoms. The highest BCUT2D eigenvalue weighted by Gasteiger charge is 2.24. The van der Waals surface area contributed by atoms with E-state index in [0.29, 0.717) is 12.5 Å². The molecule has 0 bridgehead atoms. The van der Waals surface area contributed by atoms with Crippen LogP contribution in [0.1, 0.15) is 12.0 Å². The van der Waals surface area contributed by atoms with Gasteiger partial charge in [-0.25, -0.2) is 4.98 Å². The second kappa shape index (κ2) is 5.77. The summed E-state index contributed by atoms with van der Waals surface area (Å²) in [5.41, 5.74) is 6.92. The van der Waals surface area contributed by atoms with Gasteiger partial charge in [-0.1, -0.05) is 24.3 Å². The Bertz CT molecular complexity index is 599. The van der Waals surface area contributed by atoms with E-state index in [9.17, 15) is 0 Å². The number of ether oxygens (including phenoxy) is 1. The number of nitrogens with two attached hydrogens (primary N) is 1. The molecule has 1 fully saturated rings. The molecule has 0 amide bonds. The van der Waals surface area contributed by atoms with Crippen LogP contribution in [0.2, 0.25) is 0 Å². The highest BCUT2D eigenvalue weighted by molar-refractivity contribution is 5.94.